The molecule has 2 heterocycles. The Kier molecular flexibility index (Phi) is 7.40. The molecule has 0 bridgehead atoms. The molecule has 4 N–H and O–H groups in total. The van der Waals surface area contributed by atoms with E-state index in [0.29, 0.717) is 41.6 Å². The number of carboxylic acids is 1. The van der Waals surface area contributed by atoms with Crippen molar-refractivity contribution in [2.24, 2.45) is 5.73 Å². The first-order chi connectivity index (χ1) is 17.8. The Hall–Kier alpha value is -4.83. The van der Waals surface area contributed by atoms with Gasteiger partial charge < -0.3 is 20.4 Å². The zero-order chi connectivity index (χ0) is 26.5. The van der Waals surface area contributed by atoms with Gasteiger partial charge in [0.2, 0.25) is 0 Å². The van der Waals surface area contributed by atoms with Gasteiger partial charge in [0.1, 0.15) is 5.69 Å². The Morgan fingerprint density at radius 2 is 1.84 bits per heavy atom. The van der Waals surface area contributed by atoms with E-state index in [4.69, 9.17) is 20.6 Å². The Balaban J connectivity index is 0.000000747. The molecule has 5 rings (SSSR count). The van der Waals surface area contributed by atoms with Gasteiger partial charge in [-0.2, -0.15) is 0 Å². The monoisotopic (exact) mass is 499 g/mol. The minimum Gasteiger partial charge on any atom is -0.481 e. The third kappa shape index (κ3) is 5.39. The number of hydrogen-bond donors (Lipinski definition) is 3. The number of aromatic amines is 1. The summed E-state index contributed by atoms with van der Waals surface area (Å²) in [6, 6.07) is 20.2. The van der Waals surface area contributed by atoms with Gasteiger partial charge in [-0.1, -0.05) is 42.5 Å². The average molecular weight is 500 g/mol. The van der Waals surface area contributed by atoms with Gasteiger partial charge in [-0.3, -0.25) is 19.7 Å². The maximum absolute atomic E-state index is 13.1. The summed E-state index contributed by atoms with van der Waals surface area (Å²) in [7, 11) is 0. The third-order valence-corrected chi connectivity index (χ3v) is 5.74. The van der Waals surface area contributed by atoms with Crippen LogP contribution in [-0.2, 0) is 11.3 Å². The number of nitro groups is 1. The zero-order valence-corrected chi connectivity index (χ0v) is 20.0. The van der Waals surface area contributed by atoms with Crippen LogP contribution in [0.25, 0.3) is 44.3 Å². The first-order valence-corrected chi connectivity index (χ1v) is 11.6. The van der Waals surface area contributed by atoms with E-state index < -0.39 is 10.9 Å². The number of H-pyrrole nitrogens is 1. The number of rotatable bonds is 6. The highest BCUT2D eigenvalue weighted by atomic mass is 16.6. The van der Waals surface area contributed by atoms with Crippen LogP contribution < -0.4 is 11.3 Å². The lowest BCUT2D eigenvalue weighted by Crippen LogP contribution is -2.11. The number of aromatic nitrogens is 3. The van der Waals surface area contributed by atoms with Gasteiger partial charge in [0.25, 0.3) is 17.2 Å². The number of aliphatic carboxylic acids is 1. The Morgan fingerprint density at radius 3 is 2.51 bits per heavy atom. The SMILES string of the molecule is CC(=O)O.NCCCn1cc(-c2nc3c(-c4ccccc4)cccc3[nH]c2=O)c2ccc([N+](=O)[O-])cc21. The van der Waals surface area contributed by atoms with E-state index >= 15 is 0 Å². The maximum atomic E-state index is 13.1. The second kappa shape index (κ2) is 10.8. The molecular formula is C27H25N5O5. The summed E-state index contributed by atoms with van der Waals surface area (Å²) in [4.78, 5) is 40.7. The number of fused-ring (bicyclic) bond motifs is 2. The smallest absolute Gasteiger partial charge is 0.300 e. The number of nitro benzene ring substituents is 1. The first kappa shape index (κ1) is 25.3. The second-order valence-electron chi connectivity index (χ2n) is 8.34. The lowest BCUT2D eigenvalue weighted by atomic mass is 10.0. The van der Waals surface area contributed by atoms with Crippen LogP contribution >= 0.6 is 0 Å². The van der Waals surface area contributed by atoms with Crippen molar-refractivity contribution in [1.82, 2.24) is 14.5 Å². The summed E-state index contributed by atoms with van der Waals surface area (Å²) >= 11 is 0. The molecule has 0 atom stereocenters. The van der Waals surface area contributed by atoms with Gasteiger partial charge in [-0.05, 0) is 30.7 Å². The highest BCUT2D eigenvalue weighted by Crippen LogP contribution is 2.33. The zero-order valence-electron chi connectivity index (χ0n) is 20.0. The predicted octanol–water partition coefficient (Wildman–Crippen LogP) is 4.56. The summed E-state index contributed by atoms with van der Waals surface area (Å²) in [5.74, 6) is -0.833. The van der Waals surface area contributed by atoms with Gasteiger partial charge in [0.05, 0.1) is 21.5 Å². The van der Waals surface area contributed by atoms with Crippen LogP contribution in [0.1, 0.15) is 13.3 Å². The van der Waals surface area contributed by atoms with Crippen molar-refractivity contribution in [3.05, 3.63) is 93.4 Å². The van der Waals surface area contributed by atoms with E-state index in [-0.39, 0.29) is 16.9 Å². The number of nitrogens with two attached hydrogens (primary N) is 1. The summed E-state index contributed by atoms with van der Waals surface area (Å²) in [5.41, 5.74) is 10.2. The van der Waals surface area contributed by atoms with Crippen molar-refractivity contribution in [3.63, 3.8) is 0 Å². The molecule has 37 heavy (non-hydrogen) atoms. The van der Waals surface area contributed by atoms with Crippen molar-refractivity contribution in [2.45, 2.75) is 19.9 Å². The Morgan fingerprint density at radius 1 is 1.11 bits per heavy atom. The molecule has 10 nitrogen and oxygen atoms in total. The largest absolute Gasteiger partial charge is 0.481 e. The number of para-hydroxylation sites is 1. The number of benzene rings is 3. The predicted molar refractivity (Wildman–Crippen MR) is 142 cm³/mol. The van der Waals surface area contributed by atoms with Crippen LogP contribution in [0.4, 0.5) is 5.69 Å². The van der Waals surface area contributed by atoms with Gasteiger partial charge in [-0.15, -0.1) is 0 Å². The normalized spacial score (nSPS) is 10.8. The molecular weight excluding hydrogens is 474 g/mol. The molecule has 10 heteroatoms. The van der Waals surface area contributed by atoms with Crippen LogP contribution in [0, 0.1) is 10.1 Å². The standard InChI is InChI=1S/C25H21N5O3.C2H4O2/c26-12-5-13-29-15-20(19-11-10-17(30(32)33)14-22(19)29)24-25(31)27-21-9-4-8-18(23(21)28-24)16-6-2-1-3-7-16;1-2(3)4/h1-4,6-11,14-15H,5,12-13,26H2,(H,27,31);1H3,(H,3,4). The van der Waals surface area contributed by atoms with E-state index in [2.05, 4.69) is 4.98 Å². The summed E-state index contributed by atoms with van der Waals surface area (Å²) in [6.45, 7) is 2.15. The number of non-ortho nitro benzene ring substituents is 1. The minimum atomic E-state index is -0.833. The maximum Gasteiger partial charge on any atom is 0.300 e. The molecule has 3 aromatic carbocycles. The van der Waals surface area contributed by atoms with Crippen LogP contribution in [0.2, 0.25) is 0 Å². The van der Waals surface area contributed by atoms with Crippen molar-refractivity contribution >= 4 is 33.6 Å². The van der Waals surface area contributed by atoms with Gasteiger partial charge >= 0.3 is 0 Å². The molecule has 0 amide bonds. The van der Waals surface area contributed by atoms with Crippen LogP contribution in [0.15, 0.2) is 77.7 Å². The lowest BCUT2D eigenvalue weighted by molar-refractivity contribution is -0.384. The third-order valence-electron chi connectivity index (χ3n) is 5.74. The molecule has 0 aliphatic rings. The van der Waals surface area contributed by atoms with E-state index in [1.165, 1.54) is 12.1 Å². The second-order valence-corrected chi connectivity index (χ2v) is 8.34. The molecule has 0 saturated heterocycles. The molecule has 0 unspecified atom stereocenters. The molecule has 188 valence electrons. The topological polar surface area (TPSA) is 157 Å². The fraction of sp³-hybridized carbons (Fsp3) is 0.148. The highest BCUT2D eigenvalue weighted by Gasteiger charge is 2.19. The lowest BCUT2D eigenvalue weighted by Gasteiger charge is -2.08. The summed E-state index contributed by atoms with van der Waals surface area (Å²) in [6.07, 6.45) is 2.53. The van der Waals surface area contributed by atoms with Crippen molar-refractivity contribution in [3.8, 4) is 22.4 Å². The Bertz CT molecular complexity index is 1650. The van der Waals surface area contributed by atoms with Crippen molar-refractivity contribution in [1.29, 1.82) is 0 Å². The molecule has 0 saturated carbocycles. The number of aryl methyl sites for hydroxylation is 1. The highest BCUT2D eigenvalue weighted by molar-refractivity contribution is 5.98. The minimum absolute atomic E-state index is 0.00658. The number of nitrogens with one attached hydrogen (secondary N) is 1. The molecule has 2 aromatic heterocycles. The van der Waals surface area contributed by atoms with Crippen LogP contribution in [0.5, 0.6) is 0 Å². The quantitative estimate of drug-likeness (QED) is 0.228. The first-order valence-electron chi connectivity index (χ1n) is 11.6. The molecule has 0 aliphatic heterocycles. The Labute approximate surface area is 211 Å². The van der Waals surface area contributed by atoms with E-state index in [0.717, 1.165) is 23.4 Å². The van der Waals surface area contributed by atoms with Gasteiger partial charge in [0, 0.05) is 48.3 Å². The van der Waals surface area contributed by atoms with Crippen molar-refractivity contribution in [2.75, 3.05) is 6.54 Å². The fourth-order valence-corrected chi connectivity index (χ4v) is 4.17. The molecule has 0 aliphatic carbocycles. The fourth-order valence-electron chi connectivity index (χ4n) is 4.17. The van der Waals surface area contributed by atoms with E-state index in [1.54, 1.807) is 6.07 Å². The van der Waals surface area contributed by atoms with Crippen LogP contribution in [0.3, 0.4) is 0 Å². The summed E-state index contributed by atoms with van der Waals surface area (Å²) < 4.78 is 1.90. The van der Waals surface area contributed by atoms with Gasteiger partial charge in [0.15, 0.2) is 0 Å². The average Bonchev–Trinajstić information content (AvgIpc) is 3.24. The van der Waals surface area contributed by atoms with Crippen LogP contribution in [-0.4, -0.2) is 37.1 Å². The number of carboxylic acid groups (broad SMARTS) is 1. The number of nitrogens with zero attached hydrogens (tertiary/aromatic N) is 3. The molecule has 0 radical (unpaired) electrons. The molecule has 0 spiro atoms. The molecule has 5 aromatic rings. The summed E-state index contributed by atoms with van der Waals surface area (Å²) in [5, 5.41) is 19.5. The van der Waals surface area contributed by atoms with E-state index in [9.17, 15) is 14.9 Å². The van der Waals surface area contributed by atoms with E-state index in [1.807, 2.05) is 59.3 Å². The molecule has 0 fully saturated rings. The van der Waals surface area contributed by atoms with Crippen molar-refractivity contribution < 1.29 is 14.8 Å². The van der Waals surface area contributed by atoms with Gasteiger partial charge in [-0.25, -0.2) is 4.98 Å². The number of carbonyl (C=O) groups is 1. The number of hydrogen-bond acceptors (Lipinski definition) is 6.